The summed E-state index contributed by atoms with van der Waals surface area (Å²) in [6, 6.07) is 0. The molecule has 0 aromatic rings. The Morgan fingerprint density at radius 1 is 0.348 bits per heavy atom. The normalized spacial score (nSPS) is 11.2. The lowest BCUT2D eigenvalue weighted by molar-refractivity contribution is 0.522. The van der Waals surface area contributed by atoms with Crippen LogP contribution in [-0.2, 0) is 0 Å². The van der Waals surface area contributed by atoms with Crippen molar-refractivity contribution in [3.05, 3.63) is 6.92 Å². The minimum Gasteiger partial charge on any atom is -0.0654 e. The van der Waals surface area contributed by atoms with Gasteiger partial charge in [-0.25, -0.2) is 0 Å². The van der Waals surface area contributed by atoms with Gasteiger partial charge in [-0.05, 0) is 0 Å². The first-order valence-corrected chi connectivity index (χ1v) is 11.2. The fourth-order valence-electron chi connectivity index (χ4n) is 3.43. The fourth-order valence-corrected chi connectivity index (χ4v) is 3.43. The van der Waals surface area contributed by atoms with Crippen molar-refractivity contribution in [3.8, 4) is 0 Å². The first-order chi connectivity index (χ1) is 11.4. The molecule has 0 heteroatoms. The standard InChI is InChI=1S/C23H47/c1-3-5-7-9-11-13-15-17-19-21-23-22-20-18-16-14-12-10-8-6-4-2/h1,3-23H2,2H3. The van der Waals surface area contributed by atoms with Gasteiger partial charge in [-0.15, -0.1) is 0 Å². The van der Waals surface area contributed by atoms with Crippen molar-refractivity contribution in [1.29, 1.82) is 0 Å². The van der Waals surface area contributed by atoms with E-state index in [0.717, 1.165) is 6.42 Å². The first-order valence-electron chi connectivity index (χ1n) is 11.2. The van der Waals surface area contributed by atoms with Crippen LogP contribution in [0.3, 0.4) is 0 Å². The molecule has 0 heterocycles. The monoisotopic (exact) mass is 323 g/mol. The third-order valence-electron chi connectivity index (χ3n) is 5.10. The second-order valence-corrected chi connectivity index (χ2v) is 7.57. The van der Waals surface area contributed by atoms with Crippen LogP contribution in [0.4, 0.5) is 0 Å². The molecular formula is C23H47. The van der Waals surface area contributed by atoms with Crippen molar-refractivity contribution in [2.75, 3.05) is 0 Å². The third-order valence-corrected chi connectivity index (χ3v) is 5.10. The molecule has 0 N–H and O–H groups in total. The molecule has 0 aliphatic rings. The number of hydrogen-bond donors (Lipinski definition) is 0. The summed E-state index contributed by atoms with van der Waals surface area (Å²) in [7, 11) is 0. The largest absolute Gasteiger partial charge is 0.0654 e. The lowest BCUT2D eigenvalue weighted by Crippen LogP contribution is -1.84. The van der Waals surface area contributed by atoms with Gasteiger partial charge in [0.1, 0.15) is 0 Å². The molecule has 0 fully saturated rings. The highest BCUT2D eigenvalue weighted by Gasteiger charge is 1.95. The molecule has 0 spiro atoms. The minimum absolute atomic E-state index is 1.12. The van der Waals surface area contributed by atoms with Crippen molar-refractivity contribution in [1.82, 2.24) is 0 Å². The number of hydrogen-bond acceptors (Lipinski definition) is 0. The third kappa shape index (κ3) is 22.0. The molecule has 0 bridgehead atoms. The van der Waals surface area contributed by atoms with Crippen molar-refractivity contribution >= 4 is 0 Å². The van der Waals surface area contributed by atoms with Gasteiger partial charge in [0.2, 0.25) is 0 Å². The van der Waals surface area contributed by atoms with Gasteiger partial charge < -0.3 is 0 Å². The zero-order chi connectivity index (χ0) is 16.8. The Bertz CT molecular complexity index is 164. The van der Waals surface area contributed by atoms with Gasteiger partial charge in [0, 0.05) is 0 Å². The van der Waals surface area contributed by atoms with Gasteiger partial charge in [-0.2, -0.15) is 0 Å². The molecule has 0 aromatic heterocycles. The summed E-state index contributed by atoms with van der Waals surface area (Å²) >= 11 is 0. The Morgan fingerprint density at radius 3 is 0.783 bits per heavy atom. The van der Waals surface area contributed by atoms with E-state index in [0.29, 0.717) is 0 Å². The maximum atomic E-state index is 3.90. The van der Waals surface area contributed by atoms with Gasteiger partial charge in [0.15, 0.2) is 0 Å². The van der Waals surface area contributed by atoms with Crippen molar-refractivity contribution in [2.45, 2.75) is 142 Å². The zero-order valence-electron chi connectivity index (χ0n) is 16.6. The van der Waals surface area contributed by atoms with E-state index in [2.05, 4.69) is 13.8 Å². The van der Waals surface area contributed by atoms with E-state index in [1.165, 1.54) is 128 Å². The molecule has 0 unspecified atom stereocenters. The summed E-state index contributed by atoms with van der Waals surface area (Å²) < 4.78 is 0. The van der Waals surface area contributed by atoms with E-state index in [1.807, 2.05) is 0 Å². The maximum Gasteiger partial charge on any atom is -0.0533 e. The van der Waals surface area contributed by atoms with E-state index < -0.39 is 0 Å². The molecule has 0 aliphatic carbocycles. The van der Waals surface area contributed by atoms with Gasteiger partial charge in [0.25, 0.3) is 0 Å². The van der Waals surface area contributed by atoms with E-state index in [4.69, 9.17) is 0 Å². The van der Waals surface area contributed by atoms with Gasteiger partial charge in [-0.1, -0.05) is 149 Å². The van der Waals surface area contributed by atoms with Crippen LogP contribution in [0.15, 0.2) is 0 Å². The number of unbranched alkanes of at least 4 members (excludes halogenated alkanes) is 20. The SMILES string of the molecule is [CH2]CCCCCCCCCCCCCCCCCCCCCC. The predicted molar refractivity (Wildman–Crippen MR) is 108 cm³/mol. The molecular weight excluding hydrogens is 276 g/mol. The van der Waals surface area contributed by atoms with Gasteiger partial charge >= 0.3 is 0 Å². The van der Waals surface area contributed by atoms with Crippen LogP contribution in [0.2, 0.25) is 0 Å². The first kappa shape index (κ1) is 23.0. The van der Waals surface area contributed by atoms with Crippen LogP contribution in [-0.4, -0.2) is 0 Å². The Labute approximate surface area is 149 Å². The smallest absolute Gasteiger partial charge is 0.0533 e. The zero-order valence-corrected chi connectivity index (χ0v) is 16.6. The molecule has 1 radical (unpaired) electrons. The predicted octanol–water partition coefficient (Wildman–Crippen LogP) is 9.03. The van der Waals surface area contributed by atoms with Crippen LogP contribution < -0.4 is 0 Å². The molecule has 0 rings (SSSR count). The molecule has 0 atom stereocenters. The highest BCUT2D eigenvalue weighted by atomic mass is 14.0. The average molecular weight is 324 g/mol. The Hall–Kier alpha value is 0. The van der Waals surface area contributed by atoms with E-state index in [9.17, 15) is 0 Å². The maximum absolute atomic E-state index is 3.90. The molecule has 139 valence electrons. The minimum atomic E-state index is 1.12. The Morgan fingerprint density at radius 2 is 0.565 bits per heavy atom. The van der Waals surface area contributed by atoms with Crippen LogP contribution in [0, 0.1) is 6.92 Å². The summed E-state index contributed by atoms with van der Waals surface area (Å²) in [5.74, 6) is 0. The van der Waals surface area contributed by atoms with Crippen molar-refractivity contribution < 1.29 is 0 Å². The Balaban J connectivity index is 2.92. The fraction of sp³-hybridized carbons (Fsp3) is 0.957. The van der Waals surface area contributed by atoms with Crippen LogP contribution >= 0.6 is 0 Å². The molecule has 0 amide bonds. The Kier molecular flexibility index (Phi) is 22.0. The topological polar surface area (TPSA) is 0 Å². The van der Waals surface area contributed by atoms with E-state index >= 15 is 0 Å². The van der Waals surface area contributed by atoms with Gasteiger partial charge in [-0.3, -0.25) is 0 Å². The molecule has 0 nitrogen and oxygen atoms in total. The summed E-state index contributed by atoms with van der Waals surface area (Å²) in [6.45, 7) is 6.20. The number of rotatable bonds is 20. The van der Waals surface area contributed by atoms with Crippen LogP contribution in [0.1, 0.15) is 142 Å². The molecule has 0 aromatic carbocycles. The summed E-state index contributed by atoms with van der Waals surface area (Å²) in [5.41, 5.74) is 0. The highest BCUT2D eigenvalue weighted by Crippen LogP contribution is 2.14. The second kappa shape index (κ2) is 22.0. The molecule has 0 aliphatic heterocycles. The summed E-state index contributed by atoms with van der Waals surface area (Å²) in [6.07, 6.45) is 30.3. The highest BCUT2D eigenvalue weighted by molar-refractivity contribution is 4.51. The second-order valence-electron chi connectivity index (χ2n) is 7.57. The van der Waals surface area contributed by atoms with E-state index in [-0.39, 0.29) is 0 Å². The average Bonchev–Trinajstić information content (AvgIpc) is 2.57. The van der Waals surface area contributed by atoms with Crippen molar-refractivity contribution in [2.24, 2.45) is 0 Å². The molecule has 0 saturated heterocycles. The van der Waals surface area contributed by atoms with Gasteiger partial charge in [0.05, 0.1) is 0 Å². The molecule has 23 heavy (non-hydrogen) atoms. The van der Waals surface area contributed by atoms with Crippen molar-refractivity contribution in [3.63, 3.8) is 0 Å². The molecule has 0 saturated carbocycles. The summed E-state index contributed by atoms with van der Waals surface area (Å²) in [4.78, 5) is 0. The van der Waals surface area contributed by atoms with Crippen LogP contribution in [0.25, 0.3) is 0 Å². The lowest BCUT2D eigenvalue weighted by Gasteiger charge is -2.04. The van der Waals surface area contributed by atoms with E-state index in [1.54, 1.807) is 0 Å². The quantitative estimate of drug-likeness (QED) is 0.196. The summed E-state index contributed by atoms with van der Waals surface area (Å²) in [5, 5.41) is 0. The lowest BCUT2D eigenvalue weighted by atomic mass is 10.0. The van der Waals surface area contributed by atoms with Crippen LogP contribution in [0.5, 0.6) is 0 Å².